The first-order chi connectivity index (χ1) is 8.56. The molecule has 3 unspecified atom stereocenters. The van der Waals surface area contributed by atoms with Crippen molar-refractivity contribution < 1.29 is 0 Å². The molecule has 0 aromatic carbocycles. The lowest BCUT2D eigenvalue weighted by Crippen LogP contribution is -2.57. The predicted octanol–water partition coefficient (Wildman–Crippen LogP) is 2.92. The molecule has 1 fully saturated rings. The Morgan fingerprint density at radius 2 is 2.22 bits per heavy atom. The molecule has 0 heterocycles. The molecule has 1 aliphatic rings. The molecular formula is C16H30N2. The van der Waals surface area contributed by atoms with Crippen LogP contribution in [0.1, 0.15) is 59.3 Å². The van der Waals surface area contributed by atoms with Crippen LogP contribution >= 0.6 is 0 Å². The lowest BCUT2D eigenvalue weighted by atomic mass is 9.71. The van der Waals surface area contributed by atoms with Crippen LogP contribution < -0.4 is 11.1 Å². The predicted molar refractivity (Wildman–Crippen MR) is 79.2 cm³/mol. The molecule has 2 nitrogen and oxygen atoms in total. The molecule has 18 heavy (non-hydrogen) atoms. The summed E-state index contributed by atoms with van der Waals surface area (Å²) in [7, 11) is 0. The molecule has 0 saturated heterocycles. The minimum Gasteiger partial charge on any atom is -0.329 e. The Morgan fingerprint density at radius 1 is 1.50 bits per heavy atom. The highest BCUT2D eigenvalue weighted by Crippen LogP contribution is 2.36. The van der Waals surface area contributed by atoms with Crippen LogP contribution in [0.5, 0.6) is 0 Å². The zero-order chi connectivity index (χ0) is 13.6. The molecule has 0 aromatic rings. The minimum atomic E-state index is 0.0827. The molecule has 104 valence electrons. The fourth-order valence-corrected chi connectivity index (χ4v) is 3.21. The highest BCUT2D eigenvalue weighted by molar-refractivity contribution is 5.05. The maximum absolute atomic E-state index is 6.07. The molecule has 2 heteroatoms. The zero-order valence-electron chi connectivity index (χ0n) is 12.3. The Labute approximate surface area is 113 Å². The van der Waals surface area contributed by atoms with Crippen LogP contribution in [0.3, 0.4) is 0 Å². The Kier molecular flexibility index (Phi) is 6.18. The van der Waals surface area contributed by atoms with Gasteiger partial charge in [-0.25, -0.2) is 0 Å². The molecule has 3 atom stereocenters. The summed E-state index contributed by atoms with van der Waals surface area (Å²) in [5.74, 6) is 4.42. The summed E-state index contributed by atoms with van der Waals surface area (Å²) in [6, 6.07) is 0.185. The van der Waals surface area contributed by atoms with Crippen LogP contribution in [0.2, 0.25) is 0 Å². The van der Waals surface area contributed by atoms with Crippen molar-refractivity contribution in [2.24, 2.45) is 17.6 Å². The molecule has 1 rings (SSSR count). The highest BCUT2D eigenvalue weighted by Gasteiger charge is 2.37. The number of nitrogens with one attached hydrogen (secondary N) is 1. The summed E-state index contributed by atoms with van der Waals surface area (Å²) in [6.07, 6.45) is 12.8. The van der Waals surface area contributed by atoms with E-state index >= 15 is 0 Å². The first-order valence-electron chi connectivity index (χ1n) is 7.50. The summed E-state index contributed by atoms with van der Waals surface area (Å²) in [5, 5.41) is 3.69. The van der Waals surface area contributed by atoms with Gasteiger partial charge in [-0.05, 0) is 31.1 Å². The van der Waals surface area contributed by atoms with E-state index in [2.05, 4.69) is 32.0 Å². The van der Waals surface area contributed by atoms with Gasteiger partial charge in [-0.2, -0.15) is 0 Å². The lowest BCUT2D eigenvalue weighted by Gasteiger charge is -2.44. The van der Waals surface area contributed by atoms with E-state index in [0.29, 0.717) is 6.54 Å². The van der Waals surface area contributed by atoms with E-state index in [0.717, 1.165) is 24.7 Å². The third kappa shape index (κ3) is 4.00. The number of terminal acetylenes is 1. The van der Waals surface area contributed by atoms with Crippen LogP contribution in [0.4, 0.5) is 0 Å². The van der Waals surface area contributed by atoms with Crippen LogP contribution in [-0.2, 0) is 0 Å². The highest BCUT2D eigenvalue weighted by atomic mass is 15.0. The minimum absolute atomic E-state index is 0.0827. The summed E-state index contributed by atoms with van der Waals surface area (Å²) in [6.45, 7) is 7.53. The van der Waals surface area contributed by atoms with E-state index in [9.17, 15) is 0 Å². The van der Waals surface area contributed by atoms with Crippen molar-refractivity contribution in [3.8, 4) is 12.3 Å². The number of hydrogen-bond acceptors (Lipinski definition) is 2. The van der Waals surface area contributed by atoms with E-state index in [1.807, 2.05) is 0 Å². The SMILES string of the molecule is C#CC(CCC)NC1(CN)CCCC(C(C)C)C1. The van der Waals surface area contributed by atoms with Crippen molar-refractivity contribution in [2.45, 2.75) is 70.9 Å². The topological polar surface area (TPSA) is 38.0 Å². The molecular weight excluding hydrogens is 220 g/mol. The monoisotopic (exact) mass is 250 g/mol. The molecule has 0 radical (unpaired) electrons. The smallest absolute Gasteiger partial charge is 0.0691 e. The van der Waals surface area contributed by atoms with Gasteiger partial charge in [0, 0.05) is 12.1 Å². The second kappa shape index (κ2) is 7.16. The van der Waals surface area contributed by atoms with Gasteiger partial charge in [-0.1, -0.05) is 46.0 Å². The summed E-state index contributed by atoms with van der Waals surface area (Å²) >= 11 is 0. The Bertz CT molecular complexity index is 279. The third-order valence-corrected chi connectivity index (χ3v) is 4.48. The number of rotatable bonds is 6. The average molecular weight is 250 g/mol. The standard InChI is InChI=1S/C16H30N2/c1-5-8-15(6-2)18-16(12-17)10-7-9-14(11-16)13(3)4/h2,13-15,18H,5,7-12,17H2,1,3-4H3. The van der Waals surface area contributed by atoms with Crippen molar-refractivity contribution >= 4 is 0 Å². The van der Waals surface area contributed by atoms with Gasteiger partial charge in [0.15, 0.2) is 0 Å². The zero-order valence-corrected chi connectivity index (χ0v) is 12.3. The number of hydrogen-bond donors (Lipinski definition) is 2. The maximum Gasteiger partial charge on any atom is 0.0691 e. The molecule has 0 aliphatic heterocycles. The van der Waals surface area contributed by atoms with Gasteiger partial charge in [-0.3, -0.25) is 5.32 Å². The van der Waals surface area contributed by atoms with Gasteiger partial charge < -0.3 is 5.73 Å². The van der Waals surface area contributed by atoms with E-state index in [4.69, 9.17) is 12.2 Å². The van der Waals surface area contributed by atoms with Gasteiger partial charge in [0.1, 0.15) is 0 Å². The van der Waals surface area contributed by atoms with E-state index in [1.165, 1.54) is 25.7 Å². The van der Waals surface area contributed by atoms with Gasteiger partial charge >= 0.3 is 0 Å². The second-order valence-electron chi connectivity index (χ2n) is 6.24. The summed E-state index contributed by atoms with van der Waals surface area (Å²) < 4.78 is 0. The largest absolute Gasteiger partial charge is 0.329 e. The first kappa shape index (κ1) is 15.5. The maximum atomic E-state index is 6.07. The van der Waals surface area contributed by atoms with Crippen LogP contribution in [0.25, 0.3) is 0 Å². The van der Waals surface area contributed by atoms with Gasteiger partial charge in [-0.15, -0.1) is 6.42 Å². The fourth-order valence-electron chi connectivity index (χ4n) is 3.21. The van der Waals surface area contributed by atoms with Crippen molar-refractivity contribution in [1.82, 2.24) is 5.32 Å². The summed E-state index contributed by atoms with van der Waals surface area (Å²) in [5.41, 5.74) is 6.15. The van der Waals surface area contributed by atoms with Gasteiger partial charge in [0.25, 0.3) is 0 Å². The molecule has 0 bridgehead atoms. The fraction of sp³-hybridized carbons (Fsp3) is 0.875. The van der Waals surface area contributed by atoms with Gasteiger partial charge in [0.2, 0.25) is 0 Å². The molecule has 0 amide bonds. The lowest BCUT2D eigenvalue weighted by molar-refractivity contribution is 0.146. The van der Waals surface area contributed by atoms with E-state index in [-0.39, 0.29) is 11.6 Å². The van der Waals surface area contributed by atoms with Crippen LogP contribution in [0, 0.1) is 24.2 Å². The van der Waals surface area contributed by atoms with Gasteiger partial charge in [0.05, 0.1) is 6.04 Å². The quantitative estimate of drug-likeness (QED) is 0.711. The van der Waals surface area contributed by atoms with E-state index in [1.54, 1.807) is 0 Å². The Hall–Kier alpha value is -0.520. The van der Waals surface area contributed by atoms with Crippen molar-refractivity contribution in [1.29, 1.82) is 0 Å². The molecule has 1 aliphatic carbocycles. The van der Waals surface area contributed by atoms with Crippen molar-refractivity contribution in [3.63, 3.8) is 0 Å². The summed E-state index contributed by atoms with van der Waals surface area (Å²) in [4.78, 5) is 0. The Balaban J connectivity index is 2.69. The molecule has 3 N–H and O–H groups in total. The average Bonchev–Trinajstić information content (AvgIpc) is 2.38. The molecule has 0 aromatic heterocycles. The van der Waals surface area contributed by atoms with Crippen molar-refractivity contribution in [2.75, 3.05) is 6.54 Å². The molecule has 1 saturated carbocycles. The molecule has 0 spiro atoms. The van der Waals surface area contributed by atoms with Crippen LogP contribution in [-0.4, -0.2) is 18.1 Å². The third-order valence-electron chi connectivity index (χ3n) is 4.48. The Morgan fingerprint density at radius 3 is 2.72 bits per heavy atom. The van der Waals surface area contributed by atoms with Crippen LogP contribution in [0.15, 0.2) is 0 Å². The second-order valence-corrected chi connectivity index (χ2v) is 6.24. The first-order valence-corrected chi connectivity index (χ1v) is 7.50. The number of nitrogens with two attached hydrogens (primary N) is 1. The van der Waals surface area contributed by atoms with Crippen molar-refractivity contribution in [3.05, 3.63) is 0 Å². The van der Waals surface area contributed by atoms with E-state index < -0.39 is 0 Å². The normalized spacial score (nSPS) is 30.1.